The van der Waals surface area contributed by atoms with Crippen LogP contribution in [0.3, 0.4) is 0 Å². The van der Waals surface area contributed by atoms with E-state index in [0.717, 1.165) is 29.4 Å². The van der Waals surface area contributed by atoms with E-state index in [1.807, 2.05) is 24.3 Å². The molecule has 1 aliphatic carbocycles. The zero-order valence-corrected chi connectivity index (χ0v) is 15.7. The SMILES string of the molecule is Cn1c(=O)cc(NC2(C#N)CC2)c2cc(Nc3ccnc(Cl)c3C#N)ccc21. The highest BCUT2D eigenvalue weighted by molar-refractivity contribution is 6.31. The normalized spacial score (nSPS) is 14.1. The minimum absolute atomic E-state index is 0.128. The minimum atomic E-state index is -0.602. The monoisotopic (exact) mass is 390 g/mol. The molecule has 0 unspecified atom stereocenters. The van der Waals surface area contributed by atoms with Gasteiger partial charge in [-0.2, -0.15) is 10.5 Å². The molecule has 4 rings (SSSR count). The van der Waals surface area contributed by atoms with Crippen molar-refractivity contribution < 1.29 is 0 Å². The lowest BCUT2D eigenvalue weighted by atomic mass is 10.1. The topological polar surface area (TPSA) is 107 Å². The molecule has 8 heteroatoms. The molecular formula is C20H15ClN6O. The molecule has 2 N–H and O–H groups in total. The third-order valence-corrected chi connectivity index (χ3v) is 5.17. The van der Waals surface area contributed by atoms with Gasteiger partial charge in [0.05, 0.1) is 23.0 Å². The Balaban J connectivity index is 1.81. The summed E-state index contributed by atoms with van der Waals surface area (Å²) in [6, 6.07) is 13.0. The maximum atomic E-state index is 12.3. The number of halogens is 1. The zero-order chi connectivity index (χ0) is 19.9. The number of benzene rings is 1. The number of anilines is 3. The Morgan fingerprint density at radius 1 is 1.21 bits per heavy atom. The van der Waals surface area contributed by atoms with Gasteiger partial charge >= 0.3 is 0 Å². The van der Waals surface area contributed by atoms with Crippen LogP contribution in [0.4, 0.5) is 17.1 Å². The van der Waals surface area contributed by atoms with Gasteiger partial charge in [0.1, 0.15) is 22.3 Å². The molecule has 1 fully saturated rings. The Morgan fingerprint density at radius 2 is 2.00 bits per heavy atom. The van der Waals surface area contributed by atoms with Crippen molar-refractivity contribution in [2.75, 3.05) is 10.6 Å². The lowest BCUT2D eigenvalue weighted by Gasteiger charge is -2.16. The number of nitrogens with one attached hydrogen (secondary N) is 2. The number of nitrogens with zero attached hydrogens (tertiary/aromatic N) is 4. The maximum Gasteiger partial charge on any atom is 0.252 e. The number of rotatable bonds is 4. The quantitative estimate of drug-likeness (QED) is 0.658. The van der Waals surface area contributed by atoms with Crippen molar-refractivity contribution in [3.8, 4) is 12.1 Å². The van der Waals surface area contributed by atoms with E-state index in [2.05, 4.69) is 21.7 Å². The highest BCUT2D eigenvalue weighted by Gasteiger charge is 2.43. The fraction of sp³-hybridized carbons (Fsp3) is 0.200. The highest BCUT2D eigenvalue weighted by Crippen LogP contribution is 2.40. The van der Waals surface area contributed by atoms with E-state index in [0.29, 0.717) is 11.4 Å². The summed E-state index contributed by atoms with van der Waals surface area (Å²) in [5.41, 5.74) is 2.11. The Labute approximate surface area is 165 Å². The van der Waals surface area contributed by atoms with Crippen molar-refractivity contribution >= 4 is 39.6 Å². The Bertz CT molecular complexity index is 1250. The van der Waals surface area contributed by atoms with Gasteiger partial charge in [-0.05, 0) is 37.1 Å². The molecule has 0 amide bonds. The van der Waals surface area contributed by atoms with Gasteiger partial charge in [0.2, 0.25) is 0 Å². The average molecular weight is 391 g/mol. The van der Waals surface area contributed by atoms with Gasteiger partial charge in [-0.15, -0.1) is 0 Å². The van der Waals surface area contributed by atoms with Gasteiger partial charge in [-0.3, -0.25) is 4.79 Å². The van der Waals surface area contributed by atoms with E-state index in [4.69, 9.17) is 11.6 Å². The van der Waals surface area contributed by atoms with Crippen LogP contribution in [-0.2, 0) is 7.05 Å². The second kappa shape index (κ2) is 6.56. The summed E-state index contributed by atoms with van der Waals surface area (Å²) in [4.78, 5) is 16.2. The number of aromatic nitrogens is 2. The van der Waals surface area contributed by atoms with Gasteiger partial charge in [-0.25, -0.2) is 4.98 Å². The summed E-state index contributed by atoms with van der Waals surface area (Å²) in [5, 5.41) is 26.1. The first-order chi connectivity index (χ1) is 13.5. The van der Waals surface area contributed by atoms with Crippen LogP contribution < -0.4 is 16.2 Å². The van der Waals surface area contributed by atoms with Gasteiger partial charge in [0, 0.05) is 30.4 Å². The Morgan fingerprint density at radius 3 is 2.68 bits per heavy atom. The molecule has 0 radical (unpaired) electrons. The second-order valence-electron chi connectivity index (χ2n) is 6.77. The largest absolute Gasteiger partial charge is 0.367 e. The van der Waals surface area contributed by atoms with Crippen molar-refractivity contribution in [3.05, 3.63) is 57.6 Å². The smallest absolute Gasteiger partial charge is 0.252 e. The number of hydrogen-bond donors (Lipinski definition) is 2. The predicted octanol–water partition coefficient (Wildman–Crippen LogP) is 3.67. The van der Waals surface area contributed by atoms with Gasteiger partial charge in [-0.1, -0.05) is 11.6 Å². The molecule has 3 aromatic rings. The number of nitriles is 2. The first kappa shape index (κ1) is 17.8. The molecule has 1 aliphatic rings. The molecule has 0 bridgehead atoms. The molecule has 1 aromatic carbocycles. The zero-order valence-electron chi connectivity index (χ0n) is 15.0. The van der Waals surface area contributed by atoms with E-state index >= 15 is 0 Å². The summed E-state index contributed by atoms with van der Waals surface area (Å²) in [6.45, 7) is 0. The molecule has 2 heterocycles. The molecule has 7 nitrogen and oxygen atoms in total. The summed E-state index contributed by atoms with van der Waals surface area (Å²) in [7, 11) is 1.70. The standard InChI is InChI=1S/C20H15ClN6O/c1-27-17-3-2-12(25-15-4-7-24-19(21)14(15)10-22)8-13(17)16(9-18(27)28)26-20(11-23)5-6-20/h2-4,7-9,26H,5-6H2,1H3,(H,24,25). The first-order valence-corrected chi connectivity index (χ1v) is 8.99. The van der Waals surface area contributed by atoms with Gasteiger partial charge < -0.3 is 15.2 Å². The van der Waals surface area contributed by atoms with Gasteiger partial charge in [0.15, 0.2) is 0 Å². The third kappa shape index (κ3) is 3.02. The van der Waals surface area contributed by atoms with E-state index in [9.17, 15) is 15.3 Å². The highest BCUT2D eigenvalue weighted by atomic mass is 35.5. The van der Waals surface area contributed by atoms with Crippen LogP contribution in [0.25, 0.3) is 10.9 Å². The Kier molecular flexibility index (Phi) is 4.18. The van der Waals surface area contributed by atoms with Crippen LogP contribution >= 0.6 is 11.6 Å². The van der Waals surface area contributed by atoms with Crippen molar-refractivity contribution in [3.63, 3.8) is 0 Å². The van der Waals surface area contributed by atoms with E-state index in [1.54, 1.807) is 17.7 Å². The van der Waals surface area contributed by atoms with Crippen molar-refractivity contribution in [1.82, 2.24) is 9.55 Å². The fourth-order valence-corrected chi connectivity index (χ4v) is 3.29. The summed E-state index contributed by atoms with van der Waals surface area (Å²) < 4.78 is 1.56. The average Bonchev–Trinajstić information content (AvgIpc) is 3.46. The van der Waals surface area contributed by atoms with Crippen molar-refractivity contribution in [1.29, 1.82) is 10.5 Å². The molecule has 138 valence electrons. The molecule has 0 aliphatic heterocycles. The van der Waals surface area contributed by atoms with Crippen LogP contribution in [0.2, 0.25) is 5.15 Å². The third-order valence-electron chi connectivity index (χ3n) is 4.88. The Hall–Kier alpha value is -3.55. The summed E-state index contributed by atoms with van der Waals surface area (Å²) in [6.07, 6.45) is 3.02. The van der Waals surface area contributed by atoms with Crippen LogP contribution in [0, 0.1) is 22.7 Å². The second-order valence-corrected chi connectivity index (χ2v) is 7.13. The lowest BCUT2D eigenvalue weighted by Crippen LogP contribution is -2.23. The van der Waals surface area contributed by atoms with Crippen LogP contribution in [0.5, 0.6) is 0 Å². The van der Waals surface area contributed by atoms with E-state index in [1.165, 1.54) is 12.3 Å². The molecule has 2 aromatic heterocycles. The van der Waals surface area contributed by atoms with Gasteiger partial charge in [0.25, 0.3) is 5.56 Å². The van der Waals surface area contributed by atoms with E-state index in [-0.39, 0.29) is 16.3 Å². The predicted molar refractivity (Wildman–Crippen MR) is 108 cm³/mol. The first-order valence-electron chi connectivity index (χ1n) is 8.61. The van der Waals surface area contributed by atoms with Crippen molar-refractivity contribution in [2.24, 2.45) is 7.05 Å². The maximum absolute atomic E-state index is 12.3. The van der Waals surface area contributed by atoms with E-state index < -0.39 is 5.54 Å². The number of pyridine rings is 2. The molecular weight excluding hydrogens is 376 g/mol. The van der Waals surface area contributed by atoms with Crippen LogP contribution in [-0.4, -0.2) is 15.1 Å². The van der Waals surface area contributed by atoms with Crippen LogP contribution in [0.15, 0.2) is 41.3 Å². The molecule has 0 spiro atoms. The molecule has 0 saturated heterocycles. The molecule has 28 heavy (non-hydrogen) atoms. The van der Waals surface area contributed by atoms with Crippen molar-refractivity contribution in [2.45, 2.75) is 18.4 Å². The fourth-order valence-electron chi connectivity index (χ4n) is 3.09. The molecule has 0 atom stereocenters. The van der Waals surface area contributed by atoms with Crippen LogP contribution in [0.1, 0.15) is 18.4 Å². The number of aryl methyl sites for hydroxylation is 1. The number of hydrogen-bond acceptors (Lipinski definition) is 6. The summed E-state index contributed by atoms with van der Waals surface area (Å²) >= 11 is 6.00. The lowest BCUT2D eigenvalue weighted by molar-refractivity contribution is 0.898. The minimum Gasteiger partial charge on any atom is -0.367 e. The number of fused-ring (bicyclic) bond motifs is 1. The summed E-state index contributed by atoms with van der Waals surface area (Å²) in [5.74, 6) is 0. The molecule has 1 saturated carbocycles.